The Hall–Kier alpha value is -0.570. The number of likely N-dealkylation sites (tertiary alicyclic amines) is 1. The van der Waals surface area contributed by atoms with Crippen molar-refractivity contribution >= 4 is 5.91 Å². The fraction of sp³-hybridized carbons (Fsp3) is 0.923. The minimum absolute atomic E-state index is 0.214. The van der Waals surface area contributed by atoms with Crippen LogP contribution in [0.2, 0.25) is 0 Å². The van der Waals surface area contributed by atoms with Gasteiger partial charge in [0, 0.05) is 24.5 Å². The summed E-state index contributed by atoms with van der Waals surface area (Å²) < 4.78 is 0. The zero-order valence-electron chi connectivity index (χ0n) is 10.5. The van der Waals surface area contributed by atoms with Gasteiger partial charge in [0.05, 0.1) is 0 Å². The highest BCUT2D eigenvalue weighted by molar-refractivity contribution is 5.79. The number of nitrogens with two attached hydrogens (primary N) is 1. The van der Waals surface area contributed by atoms with Crippen molar-refractivity contribution in [1.29, 1.82) is 0 Å². The molecular formula is C13H24N2O. The van der Waals surface area contributed by atoms with Crippen molar-refractivity contribution < 1.29 is 4.79 Å². The van der Waals surface area contributed by atoms with Gasteiger partial charge in [-0.2, -0.15) is 0 Å². The summed E-state index contributed by atoms with van der Waals surface area (Å²) in [5.74, 6) is 1.35. The molecule has 4 atom stereocenters. The average molecular weight is 224 g/mol. The van der Waals surface area contributed by atoms with Crippen molar-refractivity contribution in [3.8, 4) is 0 Å². The zero-order chi connectivity index (χ0) is 11.7. The number of piperidine rings is 1. The molecule has 3 heteroatoms. The van der Waals surface area contributed by atoms with Crippen LogP contribution in [0.15, 0.2) is 0 Å². The number of rotatable bonds is 1. The lowest BCUT2D eigenvalue weighted by Gasteiger charge is -2.38. The lowest BCUT2D eigenvalue weighted by atomic mass is 9.92. The topological polar surface area (TPSA) is 46.3 Å². The molecule has 1 saturated carbocycles. The van der Waals surface area contributed by atoms with Gasteiger partial charge in [-0.25, -0.2) is 0 Å². The molecule has 0 bridgehead atoms. The first-order valence-electron chi connectivity index (χ1n) is 6.64. The third-order valence-corrected chi connectivity index (χ3v) is 4.24. The van der Waals surface area contributed by atoms with Crippen molar-refractivity contribution in [3.63, 3.8) is 0 Å². The molecule has 0 spiro atoms. The van der Waals surface area contributed by atoms with E-state index in [1.165, 1.54) is 0 Å². The Morgan fingerprint density at radius 2 is 1.94 bits per heavy atom. The molecule has 92 valence electrons. The molecule has 1 saturated heterocycles. The van der Waals surface area contributed by atoms with Gasteiger partial charge in [-0.05, 0) is 44.9 Å². The van der Waals surface area contributed by atoms with Crippen LogP contribution in [0, 0.1) is 11.8 Å². The Morgan fingerprint density at radius 1 is 1.19 bits per heavy atom. The maximum absolute atomic E-state index is 12.3. The second kappa shape index (κ2) is 4.74. The lowest BCUT2D eigenvalue weighted by molar-refractivity contribution is -0.139. The summed E-state index contributed by atoms with van der Waals surface area (Å²) in [5, 5.41) is 0. The van der Waals surface area contributed by atoms with Crippen LogP contribution < -0.4 is 5.73 Å². The van der Waals surface area contributed by atoms with Crippen molar-refractivity contribution in [2.75, 3.05) is 6.54 Å². The van der Waals surface area contributed by atoms with Gasteiger partial charge in [-0.1, -0.05) is 6.92 Å². The standard InChI is InChI=1S/C13H24N2O/c1-9-5-6-15(10(2)7-9)13(16)11-3-4-12(14)8-11/h9-12H,3-8,14H2,1-2H3. The van der Waals surface area contributed by atoms with Crippen LogP contribution in [0.4, 0.5) is 0 Å². The van der Waals surface area contributed by atoms with Gasteiger partial charge in [0.1, 0.15) is 0 Å². The fourth-order valence-corrected chi connectivity index (χ4v) is 3.21. The Balaban J connectivity index is 1.94. The largest absolute Gasteiger partial charge is 0.340 e. The summed E-state index contributed by atoms with van der Waals surface area (Å²) >= 11 is 0. The third-order valence-electron chi connectivity index (χ3n) is 4.24. The Bertz CT molecular complexity index is 267. The van der Waals surface area contributed by atoms with E-state index in [2.05, 4.69) is 18.7 Å². The third kappa shape index (κ3) is 2.40. The zero-order valence-corrected chi connectivity index (χ0v) is 10.5. The Labute approximate surface area is 98.4 Å². The van der Waals surface area contributed by atoms with E-state index in [1.54, 1.807) is 0 Å². The molecule has 2 rings (SSSR count). The van der Waals surface area contributed by atoms with Crippen LogP contribution in [-0.4, -0.2) is 29.4 Å². The molecule has 4 unspecified atom stereocenters. The Kier molecular flexibility index (Phi) is 3.53. The number of hydrogen-bond donors (Lipinski definition) is 1. The van der Waals surface area contributed by atoms with E-state index in [0.717, 1.165) is 44.6 Å². The van der Waals surface area contributed by atoms with Gasteiger partial charge in [0.2, 0.25) is 5.91 Å². The van der Waals surface area contributed by atoms with Crippen LogP contribution in [0.25, 0.3) is 0 Å². The lowest BCUT2D eigenvalue weighted by Crippen LogP contribution is -2.46. The van der Waals surface area contributed by atoms with Crippen LogP contribution in [0.3, 0.4) is 0 Å². The summed E-state index contributed by atoms with van der Waals surface area (Å²) in [4.78, 5) is 14.4. The molecule has 0 aromatic heterocycles. The molecular weight excluding hydrogens is 200 g/mol. The number of carbonyl (C=O) groups is 1. The van der Waals surface area contributed by atoms with Crippen molar-refractivity contribution in [3.05, 3.63) is 0 Å². The molecule has 2 fully saturated rings. The van der Waals surface area contributed by atoms with E-state index in [1.807, 2.05) is 0 Å². The summed E-state index contributed by atoms with van der Waals surface area (Å²) in [6.45, 7) is 5.42. The van der Waals surface area contributed by atoms with Crippen LogP contribution >= 0.6 is 0 Å². The maximum Gasteiger partial charge on any atom is 0.225 e. The first kappa shape index (κ1) is 11.9. The van der Waals surface area contributed by atoms with Gasteiger partial charge >= 0.3 is 0 Å². The van der Waals surface area contributed by atoms with Gasteiger partial charge in [-0.3, -0.25) is 4.79 Å². The second-order valence-electron chi connectivity index (χ2n) is 5.78. The summed E-state index contributed by atoms with van der Waals surface area (Å²) in [6.07, 6.45) is 5.24. The molecule has 2 aliphatic rings. The number of carbonyl (C=O) groups excluding carboxylic acids is 1. The van der Waals surface area contributed by atoms with E-state index in [4.69, 9.17) is 5.73 Å². The first-order valence-corrected chi connectivity index (χ1v) is 6.64. The van der Waals surface area contributed by atoms with Crippen molar-refractivity contribution in [2.45, 2.75) is 58.0 Å². The van der Waals surface area contributed by atoms with Gasteiger partial charge in [0.15, 0.2) is 0 Å². The molecule has 0 aromatic rings. The second-order valence-corrected chi connectivity index (χ2v) is 5.78. The monoisotopic (exact) mass is 224 g/mol. The van der Waals surface area contributed by atoms with E-state index in [0.29, 0.717) is 11.9 Å². The quantitative estimate of drug-likeness (QED) is 0.737. The van der Waals surface area contributed by atoms with E-state index >= 15 is 0 Å². The normalized spacial score (nSPS) is 40.1. The number of nitrogens with zero attached hydrogens (tertiary/aromatic N) is 1. The summed E-state index contributed by atoms with van der Waals surface area (Å²) in [6, 6.07) is 0.682. The number of hydrogen-bond acceptors (Lipinski definition) is 2. The SMILES string of the molecule is CC1CCN(C(=O)C2CCC(N)C2)C(C)C1. The Morgan fingerprint density at radius 3 is 2.50 bits per heavy atom. The minimum atomic E-state index is 0.214. The summed E-state index contributed by atoms with van der Waals surface area (Å²) in [5.41, 5.74) is 5.88. The predicted octanol–water partition coefficient (Wildman–Crippen LogP) is 1.76. The molecule has 0 radical (unpaired) electrons. The van der Waals surface area contributed by atoms with Crippen LogP contribution in [0.5, 0.6) is 0 Å². The molecule has 3 nitrogen and oxygen atoms in total. The van der Waals surface area contributed by atoms with E-state index < -0.39 is 0 Å². The van der Waals surface area contributed by atoms with Crippen LogP contribution in [-0.2, 0) is 4.79 Å². The maximum atomic E-state index is 12.3. The molecule has 16 heavy (non-hydrogen) atoms. The predicted molar refractivity (Wildman–Crippen MR) is 64.9 cm³/mol. The molecule has 1 aliphatic carbocycles. The van der Waals surface area contributed by atoms with Gasteiger partial charge in [0.25, 0.3) is 0 Å². The van der Waals surface area contributed by atoms with Crippen molar-refractivity contribution in [1.82, 2.24) is 4.90 Å². The highest BCUT2D eigenvalue weighted by atomic mass is 16.2. The number of amides is 1. The first-order chi connectivity index (χ1) is 7.58. The highest BCUT2D eigenvalue weighted by Gasteiger charge is 2.34. The van der Waals surface area contributed by atoms with E-state index in [-0.39, 0.29) is 12.0 Å². The molecule has 1 aliphatic heterocycles. The van der Waals surface area contributed by atoms with Gasteiger partial charge < -0.3 is 10.6 Å². The van der Waals surface area contributed by atoms with Crippen molar-refractivity contribution in [2.24, 2.45) is 17.6 Å². The molecule has 1 amide bonds. The minimum Gasteiger partial charge on any atom is -0.340 e. The van der Waals surface area contributed by atoms with E-state index in [9.17, 15) is 4.79 Å². The van der Waals surface area contributed by atoms with Crippen LogP contribution in [0.1, 0.15) is 46.0 Å². The molecule has 2 N–H and O–H groups in total. The highest BCUT2D eigenvalue weighted by Crippen LogP contribution is 2.30. The smallest absolute Gasteiger partial charge is 0.225 e. The molecule has 1 heterocycles. The average Bonchev–Trinajstić information content (AvgIpc) is 2.64. The fourth-order valence-electron chi connectivity index (χ4n) is 3.21. The summed E-state index contributed by atoms with van der Waals surface area (Å²) in [7, 11) is 0. The van der Waals surface area contributed by atoms with Gasteiger partial charge in [-0.15, -0.1) is 0 Å². The molecule has 0 aromatic carbocycles.